The number of aromatic nitrogens is 1. The summed E-state index contributed by atoms with van der Waals surface area (Å²) >= 11 is 0. The molecule has 0 unspecified atom stereocenters. The molecule has 1 aromatic rings. The second-order valence-corrected chi connectivity index (χ2v) is 4.44. The summed E-state index contributed by atoms with van der Waals surface area (Å²) in [6.07, 6.45) is 5.01. The van der Waals surface area contributed by atoms with Crippen LogP contribution in [-0.4, -0.2) is 31.2 Å². The van der Waals surface area contributed by atoms with Crippen molar-refractivity contribution in [3.8, 4) is 0 Å². The van der Waals surface area contributed by atoms with Crippen molar-refractivity contribution in [2.24, 2.45) is 0 Å². The number of esters is 1. The number of pyridine rings is 1. The largest absolute Gasteiger partial charge is 0.462 e. The molecule has 0 radical (unpaired) electrons. The predicted molar refractivity (Wildman–Crippen MR) is 77.4 cm³/mol. The molecule has 5 nitrogen and oxygen atoms in total. The van der Waals surface area contributed by atoms with E-state index >= 15 is 0 Å². The Morgan fingerprint density at radius 1 is 1.42 bits per heavy atom. The molecule has 0 aromatic carbocycles. The van der Waals surface area contributed by atoms with Crippen LogP contribution in [0.3, 0.4) is 0 Å². The molecule has 0 aliphatic rings. The fourth-order valence-electron chi connectivity index (χ4n) is 1.86. The number of rotatable bonds is 7. The number of nitrogen functional groups attached to an aromatic ring is 1. The Kier molecular flexibility index (Phi) is 6.12. The highest BCUT2D eigenvalue weighted by Crippen LogP contribution is 2.24. The first kappa shape index (κ1) is 15.3. The molecule has 2 N–H and O–H groups in total. The monoisotopic (exact) mass is 265 g/mol. The van der Waals surface area contributed by atoms with E-state index in [9.17, 15) is 4.79 Å². The minimum absolute atomic E-state index is 0.336. The Hall–Kier alpha value is -1.78. The molecule has 1 rings (SSSR count). The minimum atomic E-state index is -0.398. The van der Waals surface area contributed by atoms with Gasteiger partial charge in [0.1, 0.15) is 0 Å². The van der Waals surface area contributed by atoms with Crippen molar-refractivity contribution >= 4 is 17.5 Å². The maximum Gasteiger partial charge on any atom is 0.340 e. The second kappa shape index (κ2) is 7.61. The number of nitrogens with zero attached hydrogens (tertiary/aromatic N) is 2. The molecule has 0 aliphatic carbocycles. The van der Waals surface area contributed by atoms with Crippen LogP contribution in [0.5, 0.6) is 0 Å². The molecule has 19 heavy (non-hydrogen) atoms. The van der Waals surface area contributed by atoms with E-state index in [1.54, 1.807) is 19.2 Å². The molecular weight excluding hydrogens is 242 g/mol. The van der Waals surface area contributed by atoms with E-state index in [2.05, 4.69) is 11.9 Å². The maximum atomic E-state index is 11.8. The zero-order valence-corrected chi connectivity index (χ0v) is 12.0. The summed E-state index contributed by atoms with van der Waals surface area (Å²) in [4.78, 5) is 18.0. The number of carbonyl (C=O) groups excluding carboxylic acids is 1. The first-order valence-electron chi connectivity index (χ1n) is 6.74. The Labute approximate surface area is 114 Å². The van der Waals surface area contributed by atoms with Crippen LogP contribution >= 0.6 is 0 Å². The van der Waals surface area contributed by atoms with Crippen LogP contribution in [0.15, 0.2) is 12.3 Å². The Morgan fingerprint density at radius 2 is 2.16 bits per heavy atom. The van der Waals surface area contributed by atoms with Gasteiger partial charge in [0.25, 0.3) is 0 Å². The van der Waals surface area contributed by atoms with Gasteiger partial charge in [0.2, 0.25) is 0 Å². The summed E-state index contributed by atoms with van der Waals surface area (Å²) in [5, 5.41) is 0. The van der Waals surface area contributed by atoms with Gasteiger partial charge >= 0.3 is 5.97 Å². The third-order valence-corrected chi connectivity index (χ3v) is 2.92. The van der Waals surface area contributed by atoms with Crippen molar-refractivity contribution < 1.29 is 9.53 Å². The topological polar surface area (TPSA) is 68.5 Å². The van der Waals surface area contributed by atoms with Crippen LogP contribution in [0.1, 0.15) is 43.5 Å². The van der Waals surface area contributed by atoms with E-state index in [4.69, 9.17) is 10.5 Å². The quantitative estimate of drug-likeness (QED) is 0.606. The molecule has 0 spiro atoms. The summed E-state index contributed by atoms with van der Waals surface area (Å²) in [7, 11) is 1.93. The molecule has 0 saturated carbocycles. The van der Waals surface area contributed by atoms with Crippen LogP contribution in [0, 0.1) is 0 Å². The van der Waals surface area contributed by atoms with Crippen LogP contribution in [0.4, 0.5) is 11.5 Å². The lowest BCUT2D eigenvalue weighted by atomic mass is 10.2. The highest BCUT2D eigenvalue weighted by Gasteiger charge is 2.16. The number of hydrogen-bond donors (Lipinski definition) is 1. The summed E-state index contributed by atoms with van der Waals surface area (Å²) in [5.41, 5.74) is 6.79. The third kappa shape index (κ3) is 4.12. The van der Waals surface area contributed by atoms with Crippen LogP contribution in [-0.2, 0) is 4.74 Å². The Bertz CT molecular complexity index is 421. The summed E-state index contributed by atoms with van der Waals surface area (Å²) < 4.78 is 4.98. The summed E-state index contributed by atoms with van der Waals surface area (Å²) in [5.74, 6) is 0.243. The molecule has 0 atom stereocenters. The van der Waals surface area contributed by atoms with Crippen LogP contribution < -0.4 is 10.6 Å². The van der Waals surface area contributed by atoms with Gasteiger partial charge in [-0.3, -0.25) is 0 Å². The number of anilines is 2. The van der Waals surface area contributed by atoms with E-state index in [0.717, 1.165) is 13.0 Å². The van der Waals surface area contributed by atoms with Crippen molar-refractivity contribution in [1.29, 1.82) is 0 Å². The van der Waals surface area contributed by atoms with Gasteiger partial charge in [0, 0.05) is 19.8 Å². The second-order valence-electron chi connectivity index (χ2n) is 4.44. The van der Waals surface area contributed by atoms with Gasteiger partial charge in [0.05, 0.1) is 17.9 Å². The van der Waals surface area contributed by atoms with Crippen molar-refractivity contribution in [1.82, 2.24) is 4.98 Å². The van der Waals surface area contributed by atoms with Gasteiger partial charge in [0.15, 0.2) is 5.82 Å². The fraction of sp³-hybridized carbons (Fsp3) is 0.571. The highest BCUT2D eigenvalue weighted by atomic mass is 16.5. The van der Waals surface area contributed by atoms with E-state index < -0.39 is 5.97 Å². The normalized spacial score (nSPS) is 10.3. The van der Waals surface area contributed by atoms with E-state index in [1.165, 1.54) is 12.8 Å². The third-order valence-electron chi connectivity index (χ3n) is 2.92. The molecular formula is C14H23N3O2. The zero-order valence-electron chi connectivity index (χ0n) is 12.0. The smallest absolute Gasteiger partial charge is 0.340 e. The number of hydrogen-bond acceptors (Lipinski definition) is 5. The lowest BCUT2D eigenvalue weighted by molar-refractivity contribution is 0.0527. The van der Waals surface area contributed by atoms with E-state index in [-0.39, 0.29) is 0 Å². The molecule has 0 amide bonds. The average Bonchev–Trinajstić information content (AvgIpc) is 2.39. The SMILES string of the molecule is CCCCCN(C)c1nccc(C(=O)OCC)c1N. The van der Waals surface area contributed by atoms with Crippen molar-refractivity contribution in [3.63, 3.8) is 0 Å². The number of carbonyl (C=O) groups is 1. The van der Waals surface area contributed by atoms with E-state index in [1.807, 2.05) is 11.9 Å². The molecule has 0 saturated heterocycles. The molecule has 1 heterocycles. The van der Waals surface area contributed by atoms with Crippen molar-refractivity contribution in [2.75, 3.05) is 30.8 Å². The molecule has 5 heteroatoms. The summed E-state index contributed by atoms with van der Waals surface area (Å²) in [6.45, 7) is 5.14. The number of nitrogens with two attached hydrogens (primary N) is 1. The Morgan fingerprint density at radius 3 is 2.79 bits per heavy atom. The van der Waals surface area contributed by atoms with Gasteiger partial charge in [-0.25, -0.2) is 9.78 Å². The first-order chi connectivity index (χ1) is 9.11. The van der Waals surface area contributed by atoms with Gasteiger partial charge in [-0.15, -0.1) is 0 Å². The van der Waals surface area contributed by atoms with Crippen molar-refractivity contribution in [3.05, 3.63) is 17.8 Å². The first-order valence-corrected chi connectivity index (χ1v) is 6.74. The number of ether oxygens (including phenoxy) is 1. The molecule has 0 fully saturated rings. The van der Waals surface area contributed by atoms with Crippen LogP contribution in [0.25, 0.3) is 0 Å². The lowest BCUT2D eigenvalue weighted by Crippen LogP contribution is -2.22. The van der Waals surface area contributed by atoms with E-state index in [0.29, 0.717) is 23.7 Å². The standard InChI is InChI=1S/C14H23N3O2/c1-4-6-7-10-17(3)13-12(15)11(8-9-16-13)14(18)19-5-2/h8-9H,4-7,10,15H2,1-3H3. The van der Waals surface area contributed by atoms with Gasteiger partial charge in [-0.2, -0.15) is 0 Å². The van der Waals surface area contributed by atoms with Gasteiger partial charge in [-0.1, -0.05) is 19.8 Å². The van der Waals surface area contributed by atoms with Crippen LogP contribution in [0.2, 0.25) is 0 Å². The van der Waals surface area contributed by atoms with Gasteiger partial charge < -0.3 is 15.4 Å². The van der Waals surface area contributed by atoms with Crippen molar-refractivity contribution in [2.45, 2.75) is 33.1 Å². The predicted octanol–water partition coefficient (Wildman–Crippen LogP) is 2.47. The summed E-state index contributed by atoms with van der Waals surface area (Å²) in [6, 6.07) is 1.59. The maximum absolute atomic E-state index is 11.8. The highest BCUT2D eigenvalue weighted by molar-refractivity contribution is 5.97. The zero-order chi connectivity index (χ0) is 14.3. The molecule has 106 valence electrons. The average molecular weight is 265 g/mol. The molecule has 0 aliphatic heterocycles. The fourth-order valence-corrected chi connectivity index (χ4v) is 1.86. The molecule has 0 bridgehead atoms. The number of unbranched alkanes of at least 4 members (excludes halogenated alkanes) is 2. The lowest BCUT2D eigenvalue weighted by Gasteiger charge is -2.20. The Balaban J connectivity index is 2.84. The molecule has 1 aromatic heterocycles. The van der Waals surface area contributed by atoms with Gasteiger partial charge in [-0.05, 0) is 19.4 Å². The minimum Gasteiger partial charge on any atom is -0.462 e.